The molecule has 27 heavy (non-hydrogen) atoms. The number of urea groups is 1. The summed E-state index contributed by atoms with van der Waals surface area (Å²) < 4.78 is 1.55. The van der Waals surface area contributed by atoms with Gasteiger partial charge in [-0.1, -0.05) is 0 Å². The van der Waals surface area contributed by atoms with Crippen LogP contribution in [-0.2, 0) is 4.79 Å². The summed E-state index contributed by atoms with van der Waals surface area (Å²) in [6.45, 7) is 0. The van der Waals surface area contributed by atoms with Crippen molar-refractivity contribution in [3.63, 3.8) is 0 Å². The van der Waals surface area contributed by atoms with E-state index in [9.17, 15) is 19.2 Å². The molecule has 0 atom stereocenters. The molecule has 11 heteroatoms. The van der Waals surface area contributed by atoms with E-state index in [4.69, 9.17) is 5.73 Å². The molecule has 10 nitrogen and oxygen atoms in total. The quantitative estimate of drug-likeness (QED) is 0.476. The summed E-state index contributed by atoms with van der Waals surface area (Å²) in [5, 5.41) is 2.72. The van der Waals surface area contributed by atoms with Crippen LogP contribution in [0, 0.1) is 0 Å². The molecule has 142 valence electrons. The molecule has 3 amide bonds. The third-order valence-corrected chi connectivity index (χ3v) is 5.43. The minimum Gasteiger partial charge on any atom is -0.351 e. The first-order valence-electron chi connectivity index (χ1n) is 8.72. The number of H-pyrrole nitrogens is 1. The number of hydrogen-bond donors (Lipinski definition) is 3. The van der Waals surface area contributed by atoms with Gasteiger partial charge in [0.15, 0.2) is 5.65 Å². The molecule has 2 fully saturated rings. The summed E-state index contributed by atoms with van der Waals surface area (Å²) >= 11 is 1.23. The minimum absolute atomic E-state index is 0.0397. The fourth-order valence-electron chi connectivity index (χ4n) is 2.87. The van der Waals surface area contributed by atoms with Gasteiger partial charge in [0, 0.05) is 24.1 Å². The Morgan fingerprint density at radius 3 is 2.59 bits per heavy atom. The van der Waals surface area contributed by atoms with Crippen molar-refractivity contribution < 1.29 is 9.59 Å². The van der Waals surface area contributed by atoms with Crippen molar-refractivity contribution in [3.05, 3.63) is 26.7 Å². The summed E-state index contributed by atoms with van der Waals surface area (Å²) in [4.78, 5) is 58.5. The zero-order valence-electron chi connectivity index (χ0n) is 14.4. The Labute approximate surface area is 156 Å². The smallest absolute Gasteiger partial charge is 0.330 e. The highest BCUT2D eigenvalue weighted by molar-refractivity contribution is 7.99. The van der Waals surface area contributed by atoms with E-state index in [1.807, 2.05) is 5.32 Å². The highest BCUT2D eigenvalue weighted by Crippen LogP contribution is 2.40. The van der Waals surface area contributed by atoms with Gasteiger partial charge in [-0.2, -0.15) is 0 Å². The van der Waals surface area contributed by atoms with Crippen molar-refractivity contribution in [2.45, 2.75) is 49.1 Å². The first-order valence-corrected chi connectivity index (χ1v) is 9.71. The maximum absolute atomic E-state index is 12.5. The molecule has 2 aliphatic carbocycles. The number of rotatable bonds is 6. The highest BCUT2D eigenvalue weighted by Gasteiger charge is 2.32. The van der Waals surface area contributed by atoms with Crippen LogP contribution in [0.2, 0.25) is 0 Å². The monoisotopic (exact) mass is 390 g/mol. The van der Waals surface area contributed by atoms with Crippen molar-refractivity contribution in [1.82, 2.24) is 24.8 Å². The predicted molar refractivity (Wildman–Crippen MR) is 97.7 cm³/mol. The molecular formula is C16H18N6O4S. The molecular weight excluding hydrogens is 372 g/mol. The number of carbonyl (C=O) groups is 2. The number of hydrogen-bond acceptors (Lipinski definition) is 7. The maximum atomic E-state index is 12.5. The van der Waals surface area contributed by atoms with Crippen molar-refractivity contribution >= 4 is 34.7 Å². The van der Waals surface area contributed by atoms with Gasteiger partial charge < -0.3 is 5.73 Å². The van der Waals surface area contributed by atoms with E-state index in [1.165, 1.54) is 11.8 Å². The first-order chi connectivity index (χ1) is 12.9. The first kappa shape index (κ1) is 17.7. The van der Waals surface area contributed by atoms with E-state index in [-0.39, 0.29) is 23.8 Å². The number of nitrogens with zero attached hydrogens (tertiary/aromatic N) is 3. The summed E-state index contributed by atoms with van der Waals surface area (Å²) in [6, 6.07) is -0.851. The van der Waals surface area contributed by atoms with E-state index in [0.717, 1.165) is 25.7 Å². The standard InChI is InChI=1S/C16H18N6O4S/c17-15(25)18-9(23)5-6-27-14-10-12(19-11(20-14)7-1-2-7)22(8-3-4-8)16(26)21-13(10)24/h7-8H,1-6H2,(H,21,24,26)(H3,17,18,23,25). The van der Waals surface area contributed by atoms with E-state index < -0.39 is 23.2 Å². The van der Waals surface area contributed by atoms with Crippen molar-refractivity contribution in [3.8, 4) is 0 Å². The molecule has 2 saturated carbocycles. The zero-order valence-corrected chi connectivity index (χ0v) is 15.2. The number of primary amides is 1. The van der Waals surface area contributed by atoms with Crippen molar-refractivity contribution in [1.29, 1.82) is 0 Å². The molecule has 0 radical (unpaired) electrons. The molecule has 0 saturated heterocycles. The summed E-state index contributed by atoms with van der Waals surface area (Å²) in [6.07, 6.45) is 3.75. The third kappa shape index (κ3) is 3.72. The summed E-state index contributed by atoms with van der Waals surface area (Å²) in [5.74, 6) is 0.677. The Bertz CT molecular complexity index is 1050. The van der Waals surface area contributed by atoms with Crippen LogP contribution in [0.4, 0.5) is 4.79 Å². The number of amides is 3. The Morgan fingerprint density at radius 1 is 1.22 bits per heavy atom. The normalized spacial score (nSPS) is 16.4. The van der Waals surface area contributed by atoms with Crippen molar-refractivity contribution in [2.75, 3.05) is 5.75 Å². The third-order valence-electron chi connectivity index (χ3n) is 4.45. The number of nitrogens with two attached hydrogens (primary N) is 1. The van der Waals surface area contributed by atoms with Crippen LogP contribution in [0.1, 0.15) is 49.9 Å². The Hall–Kier alpha value is -2.69. The van der Waals surface area contributed by atoms with Gasteiger partial charge in [0.2, 0.25) is 5.91 Å². The van der Waals surface area contributed by atoms with Crippen LogP contribution in [0.5, 0.6) is 0 Å². The van der Waals surface area contributed by atoms with E-state index in [0.29, 0.717) is 22.3 Å². The predicted octanol–water partition coefficient (Wildman–Crippen LogP) is 0.369. The summed E-state index contributed by atoms with van der Waals surface area (Å²) in [7, 11) is 0. The second-order valence-corrected chi connectivity index (χ2v) is 7.81. The fraction of sp³-hybridized carbons (Fsp3) is 0.500. The number of thioether (sulfide) groups is 1. The molecule has 2 aromatic heterocycles. The average molecular weight is 390 g/mol. The number of aromatic nitrogens is 4. The molecule has 2 aromatic rings. The van der Waals surface area contributed by atoms with Gasteiger partial charge in [-0.15, -0.1) is 11.8 Å². The second-order valence-electron chi connectivity index (χ2n) is 6.73. The molecule has 0 unspecified atom stereocenters. The van der Waals surface area contributed by atoms with Crippen molar-refractivity contribution in [2.24, 2.45) is 5.73 Å². The molecule has 2 aliphatic rings. The molecule has 4 rings (SSSR count). The highest BCUT2D eigenvalue weighted by atomic mass is 32.2. The van der Waals surface area contributed by atoms with Gasteiger partial charge in [0.1, 0.15) is 16.2 Å². The van der Waals surface area contributed by atoms with Gasteiger partial charge in [-0.05, 0) is 25.7 Å². The van der Waals surface area contributed by atoms with Crippen LogP contribution in [-0.4, -0.2) is 37.2 Å². The lowest BCUT2D eigenvalue weighted by molar-refractivity contribution is -0.119. The van der Waals surface area contributed by atoms with E-state index in [1.54, 1.807) is 4.57 Å². The van der Waals surface area contributed by atoms with Crippen LogP contribution >= 0.6 is 11.8 Å². The summed E-state index contributed by atoms with van der Waals surface area (Å²) in [5.41, 5.74) is 4.31. The minimum atomic E-state index is -0.904. The lowest BCUT2D eigenvalue weighted by Crippen LogP contribution is -2.35. The molecule has 0 bridgehead atoms. The molecule has 0 aliphatic heterocycles. The van der Waals surface area contributed by atoms with Gasteiger partial charge >= 0.3 is 11.7 Å². The van der Waals surface area contributed by atoms with Crippen LogP contribution in [0.3, 0.4) is 0 Å². The topological polar surface area (TPSA) is 153 Å². The van der Waals surface area contributed by atoms with Gasteiger partial charge in [-0.3, -0.25) is 24.5 Å². The number of imide groups is 1. The molecule has 2 heterocycles. The maximum Gasteiger partial charge on any atom is 0.330 e. The van der Waals surface area contributed by atoms with Gasteiger partial charge in [0.05, 0.1) is 0 Å². The zero-order chi connectivity index (χ0) is 19.1. The molecule has 0 aromatic carbocycles. The van der Waals surface area contributed by atoms with Gasteiger partial charge in [-0.25, -0.2) is 19.6 Å². The molecule has 0 spiro atoms. The second kappa shape index (κ2) is 6.80. The average Bonchev–Trinajstić information content (AvgIpc) is 3.45. The largest absolute Gasteiger partial charge is 0.351 e. The van der Waals surface area contributed by atoms with E-state index >= 15 is 0 Å². The van der Waals surface area contributed by atoms with Crippen LogP contribution in [0.15, 0.2) is 14.6 Å². The van der Waals surface area contributed by atoms with Crippen LogP contribution < -0.4 is 22.3 Å². The number of aromatic amines is 1. The SMILES string of the molecule is NC(=O)NC(=O)CCSc1nc(C2CC2)nc2c1c(=O)[nH]c(=O)n2C1CC1. The Morgan fingerprint density at radius 2 is 1.96 bits per heavy atom. The number of carbonyl (C=O) groups excluding carboxylic acids is 2. The van der Waals surface area contributed by atoms with E-state index in [2.05, 4.69) is 15.0 Å². The molecule has 4 N–H and O–H groups in total. The van der Waals surface area contributed by atoms with Crippen LogP contribution in [0.25, 0.3) is 11.0 Å². The Balaban J connectivity index is 1.71. The fourth-order valence-corrected chi connectivity index (χ4v) is 3.84. The number of nitrogens with one attached hydrogen (secondary N) is 2. The lowest BCUT2D eigenvalue weighted by atomic mass is 10.3. The van der Waals surface area contributed by atoms with Gasteiger partial charge in [0.25, 0.3) is 5.56 Å². The lowest BCUT2D eigenvalue weighted by Gasteiger charge is -2.11. The Kier molecular flexibility index (Phi) is 4.46. The number of fused-ring (bicyclic) bond motifs is 1.